The van der Waals surface area contributed by atoms with Crippen molar-refractivity contribution >= 4 is 34.3 Å². The highest BCUT2D eigenvalue weighted by molar-refractivity contribution is 6.01. The number of hydrogen-bond acceptors (Lipinski definition) is 7. The summed E-state index contributed by atoms with van der Waals surface area (Å²) in [5.74, 6) is 0.626. The first kappa shape index (κ1) is 25.7. The molecule has 3 N–H and O–H groups in total. The minimum atomic E-state index is -0.762. The number of piperazine rings is 1. The Labute approximate surface area is 215 Å². The first-order valence-corrected chi connectivity index (χ1v) is 12.0. The molecule has 3 aromatic rings. The molecule has 10 heteroatoms. The summed E-state index contributed by atoms with van der Waals surface area (Å²) in [6.07, 6.45) is 0.977. The second-order valence-corrected chi connectivity index (χ2v) is 8.97. The Morgan fingerprint density at radius 3 is 2.51 bits per heavy atom. The van der Waals surface area contributed by atoms with Crippen molar-refractivity contribution in [3.8, 4) is 11.5 Å². The number of anilines is 1. The number of aromatic nitrogens is 1. The van der Waals surface area contributed by atoms with E-state index in [0.717, 1.165) is 16.6 Å². The Morgan fingerprint density at radius 1 is 1.08 bits per heavy atom. The summed E-state index contributed by atoms with van der Waals surface area (Å²) in [7, 11) is 3.03. The number of ether oxygens (including phenoxy) is 2. The molecule has 3 amide bonds. The van der Waals surface area contributed by atoms with Crippen LogP contribution in [0.15, 0.2) is 48.7 Å². The van der Waals surface area contributed by atoms with E-state index in [1.165, 1.54) is 7.11 Å². The second kappa shape index (κ2) is 10.7. The molecule has 1 aromatic heterocycles. The predicted octanol–water partition coefficient (Wildman–Crippen LogP) is 2.21. The maximum absolute atomic E-state index is 13.3. The number of nitrogens with zero attached hydrogens (tertiary/aromatic N) is 3. The quantitative estimate of drug-likeness (QED) is 0.504. The summed E-state index contributed by atoms with van der Waals surface area (Å²) in [5.41, 5.74) is 6.34. The molecule has 1 aliphatic heterocycles. The SMILES string of the molecule is CNC(=O)c1ccc(OC(C)C(=O)N2CCN(c3nccc4ccc(C(N)=O)cc34)CC2C)c(OC)c1. The largest absolute Gasteiger partial charge is 0.493 e. The van der Waals surface area contributed by atoms with Gasteiger partial charge in [-0.1, -0.05) is 6.07 Å². The molecular formula is C27H31N5O5. The molecule has 194 valence electrons. The third-order valence-corrected chi connectivity index (χ3v) is 6.54. The van der Waals surface area contributed by atoms with Gasteiger partial charge in [-0.2, -0.15) is 0 Å². The zero-order valence-electron chi connectivity index (χ0n) is 21.4. The molecule has 0 bridgehead atoms. The van der Waals surface area contributed by atoms with Crippen molar-refractivity contribution < 1.29 is 23.9 Å². The summed E-state index contributed by atoms with van der Waals surface area (Å²) in [4.78, 5) is 45.4. The van der Waals surface area contributed by atoms with Gasteiger partial charge in [0.2, 0.25) is 5.91 Å². The number of amides is 3. The molecule has 0 saturated carbocycles. The average Bonchev–Trinajstić information content (AvgIpc) is 2.91. The minimum Gasteiger partial charge on any atom is -0.493 e. The van der Waals surface area contributed by atoms with Crippen molar-refractivity contribution in [1.29, 1.82) is 0 Å². The van der Waals surface area contributed by atoms with Crippen LogP contribution < -0.4 is 25.4 Å². The molecular weight excluding hydrogens is 474 g/mol. The van der Waals surface area contributed by atoms with Crippen LogP contribution in [-0.2, 0) is 4.79 Å². The standard InChI is InChI=1S/C27H31N5O5/c1-16-15-31(25-21-13-19(24(28)33)6-5-18(21)9-10-30-25)11-12-32(16)27(35)17(2)37-22-8-7-20(26(34)29-3)14-23(22)36-4/h5-10,13-14,16-17H,11-12,15H2,1-4H3,(H2,28,33)(H,29,34). The van der Waals surface area contributed by atoms with Gasteiger partial charge in [-0.25, -0.2) is 4.98 Å². The van der Waals surface area contributed by atoms with Crippen LogP contribution in [-0.4, -0.2) is 73.5 Å². The Bertz CT molecular complexity index is 1340. The summed E-state index contributed by atoms with van der Waals surface area (Å²) < 4.78 is 11.3. The lowest BCUT2D eigenvalue weighted by Crippen LogP contribution is -2.56. The molecule has 4 rings (SSSR count). The van der Waals surface area contributed by atoms with E-state index in [1.807, 2.05) is 19.1 Å². The minimum absolute atomic E-state index is 0.110. The van der Waals surface area contributed by atoms with Crippen molar-refractivity contribution in [3.63, 3.8) is 0 Å². The maximum Gasteiger partial charge on any atom is 0.263 e. The van der Waals surface area contributed by atoms with Crippen LogP contribution in [0.2, 0.25) is 0 Å². The zero-order chi connectivity index (χ0) is 26.7. The van der Waals surface area contributed by atoms with Crippen molar-refractivity contribution in [1.82, 2.24) is 15.2 Å². The molecule has 0 radical (unpaired) electrons. The number of pyridine rings is 1. The summed E-state index contributed by atoms with van der Waals surface area (Å²) >= 11 is 0. The molecule has 2 unspecified atom stereocenters. The lowest BCUT2D eigenvalue weighted by Gasteiger charge is -2.41. The fourth-order valence-corrected chi connectivity index (χ4v) is 4.56. The molecule has 2 atom stereocenters. The number of carbonyl (C=O) groups is 3. The van der Waals surface area contributed by atoms with E-state index in [-0.39, 0.29) is 17.9 Å². The molecule has 2 aromatic carbocycles. The highest BCUT2D eigenvalue weighted by Crippen LogP contribution is 2.30. The highest BCUT2D eigenvalue weighted by Gasteiger charge is 2.32. The van der Waals surface area contributed by atoms with Gasteiger partial charge < -0.3 is 30.3 Å². The number of benzene rings is 2. The van der Waals surface area contributed by atoms with Gasteiger partial charge in [-0.3, -0.25) is 14.4 Å². The van der Waals surface area contributed by atoms with Gasteiger partial charge in [0.15, 0.2) is 17.6 Å². The second-order valence-electron chi connectivity index (χ2n) is 8.97. The van der Waals surface area contributed by atoms with Crippen LogP contribution in [0.4, 0.5) is 5.82 Å². The van der Waals surface area contributed by atoms with Gasteiger partial charge in [0.1, 0.15) is 5.82 Å². The van der Waals surface area contributed by atoms with E-state index in [9.17, 15) is 14.4 Å². The van der Waals surface area contributed by atoms with Gasteiger partial charge in [0, 0.05) is 55.4 Å². The van der Waals surface area contributed by atoms with Crippen LogP contribution in [0.5, 0.6) is 11.5 Å². The Morgan fingerprint density at radius 2 is 1.84 bits per heavy atom. The van der Waals surface area contributed by atoms with Gasteiger partial charge in [-0.05, 0) is 55.6 Å². The lowest BCUT2D eigenvalue weighted by molar-refractivity contribution is -0.140. The molecule has 1 fully saturated rings. The number of methoxy groups -OCH3 is 1. The van der Waals surface area contributed by atoms with Gasteiger partial charge in [0.25, 0.3) is 11.8 Å². The number of hydrogen-bond donors (Lipinski definition) is 2. The van der Waals surface area contributed by atoms with E-state index in [0.29, 0.717) is 42.3 Å². The van der Waals surface area contributed by atoms with E-state index in [2.05, 4.69) is 15.2 Å². The topological polar surface area (TPSA) is 127 Å². The van der Waals surface area contributed by atoms with Crippen LogP contribution in [0.25, 0.3) is 10.8 Å². The zero-order valence-corrected chi connectivity index (χ0v) is 21.4. The molecule has 0 spiro atoms. The Hall–Kier alpha value is -4.34. The summed E-state index contributed by atoms with van der Waals surface area (Å²) in [5, 5.41) is 4.37. The van der Waals surface area contributed by atoms with Gasteiger partial charge >= 0.3 is 0 Å². The van der Waals surface area contributed by atoms with Gasteiger partial charge in [0.05, 0.1) is 7.11 Å². The Balaban J connectivity index is 1.47. The maximum atomic E-state index is 13.3. The molecule has 1 saturated heterocycles. The fourth-order valence-electron chi connectivity index (χ4n) is 4.56. The monoisotopic (exact) mass is 505 g/mol. The molecule has 1 aliphatic rings. The lowest BCUT2D eigenvalue weighted by atomic mass is 10.1. The van der Waals surface area contributed by atoms with Crippen LogP contribution in [0.3, 0.4) is 0 Å². The van der Waals surface area contributed by atoms with Crippen molar-refractivity contribution in [3.05, 3.63) is 59.8 Å². The number of nitrogens with two attached hydrogens (primary N) is 1. The average molecular weight is 506 g/mol. The van der Waals surface area contributed by atoms with E-state index in [4.69, 9.17) is 15.2 Å². The summed E-state index contributed by atoms with van der Waals surface area (Å²) in [6.45, 7) is 5.30. The highest BCUT2D eigenvalue weighted by atomic mass is 16.5. The first-order valence-electron chi connectivity index (χ1n) is 12.0. The molecule has 2 heterocycles. The smallest absolute Gasteiger partial charge is 0.263 e. The van der Waals surface area contributed by atoms with E-state index >= 15 is 0 Å². The predicted molar refractivity (Wildman–Crippen MR) is 140 cm³/mol. The summed E-state index contributed by atoms with van der Waals surface area (Å²) in [6, 6.07) is 11.9. The van der Waals surface area contributed by atoms with Crippen molar-refractivity contribution in [2.45, 2.75) is 26.0 Å². The van der Waals surface area contributed by atoms with Crippen molar-refractivity contribution in [2.75, 3.05) is 38.7 Å². The van der Waals surface area contributed by atoms with Crippen LogP contribution in [0, 0.1) is 0 Å². The molecule has 37 heavy (non-hydrogen) atoms. The number of fused-ring (bicyclic) bond motifs is 1. The van der Waals surface area contributed by atoms with E-state index in [1.54, 1.807) is 55.4 Å². The van der Waals surface area contributed by atoms with Gasteiger partial charge in [-0.15, -0.1) is 0 Å². The number of carbonyl (C=O) groups excluding carboxylic acids is 3. The third kappa shape index (κ3) is 5.28. The fraction of sp³-hybridized carbons (Fsp3) is 0.333. The van der Waals surface area contributed by atoms with Crippen molar-refractivity contribution in [2.24, 2.45) is 5.73 Å². The molecule has 0 aliphatic carbocycles. The normalized spacial score (nSPS) is 16.3. The number of primary amides is 1. The van der Waals surface area contributed by atoms with E-state index < -0.39 is 12.0 Å². The molecule has 10 nitrogen and oxygen atoms in total. The number of rotatable bonds is 7. The first-order chi connectivity index (χ1) is 17.7. The Kier molecular flexibility index (Phi) is 7.47. The van der Waals surface area contributed by atoms with Crippen LogP contribution in [0.1, 0.15) is 34.6 Å². The van der Waals surface area contributed by atoms with Crippen LogP contribution >= 0.6 is 0 Å². The third-order valence-electron chi connectivity index (χ3n) is 6.54. The number of nitrogens with one attached hydrogen (secondary N) is 1.